The lowest BCUT2D eigenvalue weighted by Crippen LogP contribution is -2.13. The number of H-pyrrole nitrogens is 1. The van der Waals surface area contributed by atoms with Crippen LogP contribution < -0.4 is 10.5 Å². The molecule has 1 heterocycles. The lowest BCUT2D eigenvalue weighted by Gasteiger charge is -2.13. The molecule has 0 fully saturated rings. The van der Waals surface area contributed by atoms with E-state index in [1.54, 1.807) is 13.3 Å². The van der Waals surface area contributed by atoms with Crippen LogP contribution in [0.15, 0.2) is 30.5 Å². The number of rotatable bonds is 3. The van der Waals surface area contributed by atoms with Crippen LogP contribution in [0.2, 0.25) is 0 Å². The van der Waals surface area contributed by atoms with E-state index in [0.29, 0.717) is 0 Å². The molecule has 4 heteroatoms. The summed E-state index contributed by atoms with van der Waals surface area (Å²) in [5, 5.41) is 6.79. The third-order valence-corrected chi connectivity index (χ3v) is 2.67. The summed E-state index contributed by atoms with van der Waals surface area (Å²) < 4.78 is 5.16. The molecule has 0 aliphatic carbocycles. The van der Waals surface area contributed by atoms with Gasteiger partial charge in [-0.25, -0.2) is 0 Å². The van der Waals surface area contributed by atoms with Crippen molar-refractivity contribution in [3.8, 4) is 5.75 Å². The third-order valence-electron chi connectivity index (χ3n) is 2.67. The van der Waals surface area contributed by atoms with Crippen LogP contribution >= 0.6 is 0 Å². The molecule has 0 aliphatic rings. The number of hydrogen-bond acceptors (Lipinski definition) is 3. The Kier molecular flexibility index (Phi) is 2.92. The first-order valence-electron chi connectivity index (χ1n) is 5.11. The monoisotopic (exact) mass is 217 g/mol. The lowest BCUT2D eigenvalue weighted by molar-refractivity contribution is 0.414. The van der Waals surface area contributed by atoms with Crippen molar-refractivity contribution in [3.05, 3.63) is 47.3 Å². The molecule has 0 saturated heterocycles. The van der Waals surface area contributed by atoms with Crippen LogP contribution in [0.25, 0.3) is 0 Å². The smallest absolute Gasteiger partial charge is 0.119 e. The maximum absolute atomic E-state index is 6.14. The molecule has 1 aromatic heterocycles. The van der Waals surface area contributed by atoms with Crippen molar-refractivity contribution in [1.82, 2.24) is 10.2 Å². The van der Waals surface area contributed by atoms with E-state index < -0.39 is 0 Å². The Balaban J connectivity index is 2.34. The van der Waals surface area contributed by atoms with Gasteiger partial charge in [0.25, 0.3) is 0 Å². The molecule has 0 spiro atoms. The maximum Gasteiger partial charge on any atom is 0.119 e. The van der Waals surface area contributed by atoms with E-state index in [0.717, 1.165) is 22.6 Å². The Hall–Kier alpha value is -1.81. The summed E-state index contributed by atoms with van der Waals surface area (Å²) in [7, 11) is 1.66. The van der Waals surface area contributed by atoms with E-state index in [4.69, 9.17) is 10.5 Å². The van der Waals surface area contributed by atoms with Gasteiger partial charge in [-0.3, -0.25) is 5.10 Å². The predicted octanol–water partition coefficient (Wildman–Crippen LogP) is 1.77. The van der Waals surface area contributed by atoms with Crippen LogP contribution in [0, 0.1) is 6.92 Å². The molecule has 0 radical (unpaired) electrons. The number of aromatic amines is 1. The van der Waals surface area contributed by atoms with E-state index in [1.807, 2.05) is 31.2 Å². The van der Waals surface area contributed by atoms with Gasteiger partial charge in [-0.1, -0.05) is 6.07 Å². The zero-order chi connectivity index (χ0) is 11.5. The average Bonchev–Trinajstić information content (AvgIpc) is 2.81. The minimum Gasteiger partial charge on any atom is -0.497 e. The minimum atomic E-state index is -0.173. The topological polar surface area (TPSA) is 63.9 Å². The number of nitrogens with one attached hydrogen (secondary N) is 1. The van der Waals surface area contributed by atoms with Gasteiger partial charge in [0.15, 0.2) is 0 Å². The highest BCUT2D eigenvalue weighted by Crippen LogP contribution is 2.24. The van der Waals surface area contributed by atoms with Gasteiger partial charge in [0.1, 0.15) is 5.75 Å². The molecule has 1 unspecified atom stereocenters. The predicted molar refractivity (Wildman–Crippen MR) is 62.3 cm³/mol. The van der Waals surface area contributed by atoms with Crippen LogP contribution in [0.3, 0.4) is 0 Å². The van der Waals surface area contributed by atoms with Crippen LogP contribution in [-0.4, -0.2) is 17.3 Å². The highest BCUT2D eigenvalue weighted by Gasteiger charge is 2.12. The fraction of sp³-hybridized carbons (Fsp3) is 0.250. The third kappa shape index (κ3) is 1.92. The van der Waals surface area contributed by atoms with E-state index in [9.17, 15) is 0 Å². The van der Waals surface area contributed by atoms with E-state index >= 15 is 0 Å². The number of aryl methyl sites for hydroxylation is 1. The molecule has 0 aliphatic heterocycles. The Bertz CT molecular complexity index is 465. The number of aromatic nitrogens is 2. The molecule has 1 atom stereocenters. The quantitative estimate of drug-likeness (QED) is 0.823. The number of nitrogens with zero attached hydrogens (tertiary/aromatic N) is 1. The molecule has 0 amide bonds. The first kappa shape index (κ1) is 10.7. The molecule has 2 aromatic rings. The second-order valence-electron chi connectivity index (χ2n) is 3.71. The molecule has 0 bridgehead atoms. The average molecular weight is 217 g/mol. The van der Waals surface area contributed by atoms with Crippen molar-refractivity contribution in [1.29, 1.82) is 0 Å². The maximum atomic E-state index is 6.14. The van der Waals surface area contributed by atoms with Gasteiger partial charge in [0.2, 0.25) is 0 Å². The van der Waals surface area contributed by atoms with Crippen LogP contribution in [0.1, 0.15) is 22.9 Å². The first-order valence-corrected chi connectivity index (χ1v) is 5.11. The minimum absolute atomic E-state index is 0.173. The molecule has 3 N–H and O–H groups in total. The van der Waals surface area contributed by atoms with Crippen molar-refractivity contribution in [3.63, 3.8) is 0 Å². The number of benzene rings is 1. The van der Waals surface area contributed by atoms with E-state index in [-0.39, 0.29) is 6.04 Å². The Morgan fingerprint density at radius 1 is 1.38 bits per heavy atom. The first-order chi connectivity index (χ1) is 7.72. The Labute approximate surface area is 94.4 Å². The van der Waals surface area contributed by atoms with Gasteiger partial charge in [0, 0.05) is 6.20 Å². The fourth-order valence-corrected chi connectivity index (χ4v) is 1.73. The molecule has 16 heavy (non-hydrogen) atoms. The largest absolute Gasteiger partial charge is 0.497 e. The van der Waals surface area contributed by atoms with Crippen LogP contribution in [0.4, 0.5) is 0 Å². The van der Waals surface area contributed by atoms with Crippen LogP contribution in [-0.2, 0) is 0 Å². The fourth-order valence-electron chi connectivity index (χ4n) is 1.73. The van der Waals surface area contributed by atoms with Gasteiger partial charge in [0.05, 0.1) is 18.8 Å². The lowest BCUT2D eigenvalue weighted by atomic mass is 9.99. The van der Waals surface area contributed by atoms with Crippen molar-refractivity contribution < 1.29 is 4.74 Å². The van der Waals surface area contributed by atoms with Crippen molar-refractivity contribution in [2.75, 3.05) is 7.11 Å². The second-order valence-corrected chi connectivity index (χ2v) is 3.71. The summed E-state index contributed by atoms with van der Waals surface area (Å²) in [6.07, 6.45) is 1.70. The van der Waals surface area contributed by atoms with Crippen molar-refractivity contribution in [2.45, 2.75) is 13.0 Å². The van der Waals surface area contributed by atoms with E-state index in [2.05, 4.69) is 10.2 Å². The zero-order valence-electron chi connectivity index (χ0n) is 9.40. The molecule has 1 aromatic carbocycles. The highest BCUT2D eigenvalue weighted by atomic mass is 16.5. The summed E-state index contributed by atoms with van der Waals surface area (Å²) in [6.45, 7) is 2.02. The van der Waals surface area contributed by atoms with Crippen molar-refractivity contribution >= 4 is 0 Å². The van der Waals surface area contributed by atoms with E-state index in [1.165, 1.54) is 0 Å². The summed E-state index contributed by atoms with van der Waals surface area (Å²) in [5.74, 6) is 0.845. The normalized spacial score (nSPS) is 12.4. The van der Waals surface area contributed by atoms with Gasteiger partial charge in [-0.2, -0.15) is 5.10 Å². The standard InChI is InChI=1S/C12H15N3O/c1-8-7-9(16-2)3-4-10(8)12(13)11-5-6-14-15-11/h3-7,12H,13H2,1-2H3,(H,14,15). The summed E-state index contributed by atoms with van der Waals surface area (Å²) in [6, 6.07) is 7.59. The summed E-state index contributed by atoms with van der Waals surface area (Å²) in [4.78, 5) is 0. The van der Waals surface area contributed by atoms with Gasteiger partial charge in [-0.15, -0.1) is 0 Å². The molecule has 84 valence electrons. The summed E-state index contributed by atoms with van der Waals surface area (Å²) >= 11 is 0. The van der Waals surface area contributed by atoms with Gasteiger partial charge < -0.3 is 10.5 Å². The number of ether oxygens (including phenoxy) is 1. The van der Waals surface area contributed by atoms with Gasteiger partial charge >= 0.3 is 0 Å². The summed E-state index contributed by atoms with van der Waals surface area (Å²) in [5.41, 5.74) is 9.24. The SMILES string of the molecule is COc1ccc(C(N)c2ccn[nH]2)c(C)c1. The molecule has 4 nitrogen and oxygen atoms in total. The highest BCUT2D eigenvalue weighted by molar-refractivity contribution is 5.39. The molecular weight excluding hydrogens is 202 g/mol. The molecular formula is C12H15N3O. The second kappa shape index (κ2) is 4.37. The van der Waals surface area contributed by atoms with Crippen LogP contribution in [0.5, 0.6) is 5.75 Å². The molecule has 0 saturated carbocycles. The number of methoxy groups -OCH3 is 1. The molecule has 2 rings (SSSR count). The van der Waals surface area contributed by atoms with Crippen molar-refractivity contribution in [2.24, 2.45) is 5.73 Å². The number of nitrogens with two attached hydrogens (primary N) is 1. The number of hydrogen-bond donors (Lipinski definition) is 2. The van der Waals surface area contributed by atoms with Gasteiger partial charge in [-0.05, 0) is 36.2 Å². The Morgan fingerprint density at radius 2 is 2.19 bits per heavy atom. The zero-order valence-corrected chi connectivity index (χ0v) is 9.40. The Morgan fingerprint density at radius 3 is 2.75 bits per heavy atom.